The van der Waals surface area contributed by atoms with Crippen LogP contribution in [0.15, 0.2) is 24.3 Å². The summed E-state index contributed by atoms with van der Waals surface area (Å²) in [4.78, 5) is 25.2. The van der Waals surface area contributed by atoms with Gasteiger partial charge in [-0.15, -0.1) is 0 Å². The van der Waals surface area contributed by atoms with Crippen molar-refractivity contribution < 1.29 is 36.1 Å². The van der Waals surface area contributed by atoms with Crippen LogP contribution in [0.2, 0.25) is 0 Å². The number of fused-ring (bicyclic) bond motifs is 2. The molecule has 2 fully saturated rings. The summed E-state index contributed by atoms with van der Waals surface area (Å²) in [6.45, 7) is -1.79. The minimum atomic E-state index is -5.70. The topological polar surface area (TPSA) is 110 Å². The highest BCUT2D eigenvalue weighted by Gasteiger charge is 2.55. The molecule has 1 aromatic carbocycles. The molecule has 154 valence electrons. The monoisotopic (exact) mass is 529 g/mol. The standard InChI is InChI=1S/C17H18F2INO6S/c18-17(19,28(24,25)26)8-27-16(23)14-10-2-1-9(7-10)13(14)15(22)21-12-5-3-11(20)4-6-12/h3-6,9-10,13-14H,1-2,7-8H2,(H,21,22)(H,24,25,26). The van der Waals surface area contributed by atoms with Crippen LogP contribution >= 0.6 is 22.6 Å². The predicted octanol–water partition coefficient (Wildman–Crippen LogP) is 2.92. The van der Waals surface area contributed by atoms with Gasteiger partial charge in [-0.05, 0) is 78.0 Å². The molecule has 2 aliphatic carbocycles. The predicted molar refractivity (Wildman–Crippen MR) is 103 cm³/mol. The Morgan fingerprint density at radius 1 is 1.18 bits per heavy atom. The summed E-state index contributed by atoms with van der Waals surface area (Å²) in [6, 6.07) is 7.04. The molecular formula is C17H18F2INO6S. The Morgan fingerprint density at radius 2 is 1.75 bits per heavy atom. The number of hydrogen-bond acceptors (Lipinski definition) is 5. The van der Waals surface area contributed by atoms with E-state index in [0.29, 0.717) is 18.5 Å². The first-order valence-electron chi connectivity index (χ1n) is 8.57. The van der Waals surface area contributed by atoms with E-state index in [9.17, 15) is 26.8 Å². The molecule has 0 heterocycles. The highest BCUT2D eigenvalue weighted by molar-refractivity contribution is 14.1. The second-order valence-electron chi connectivity index (χ2n) is 7.10. The van der Waals surface area contributed by atoms with Gasteiger partial charge in [0.25, 0.3) is 0 Å². The van der Waals surface area contributed by atoms with E-state index < -0.39 is 45.7 Å². The molecule has 0 aromatic heterocycles. The first kappa shape index (κ1) is 21.4. The summed E-state index contributed by atoms with van der Waals surface area (Å²) in [5.74, 6) is -3.32. The van der Waals surface area contributed by atoms with Gasteiger partial charge < -0.3 is 10.1 Å². The van der Waals surface area contributed by atoms with E-state index >= 15 is 0 Å². The number of amides is 1. The lowest BCUT2D eigenvalue weighted by Crippen LogP contribution is -2.41. The number of carbonyl (C=O) groups excluding carboxylic acids is 2. The van der Waals surface area contributed by atoms with Gasteiger partial charge in [0.15, 0.2) is 6.61 Å². The van der Waals surface area contributed by atoms with Gasteiger partial charge in [-0.1, -0.05) is 0 Å². The molecule has 0 aliphatic heterocycles. The molecule has 0 spiro atoms. The zero-order chi connectivity index (χ0) is 20.7. The van der Waals surface area contributed by atoms with Crippen molar-refractivity contribution in [2.75, 3.05) is 11.9 Å². The quantitative estimate of drug-likeness (QED) is 0.333. The second kappa shape index (κ2) is 7.82. The van der Waals surface area contributed by atoms with Crippen LogP contribution < -0.4 is 5.32 Å². The molecule has 4 unspecified atom stereocenters. The van der Waals surface area contributed by atoms with Crippen molar-refractivity contribution in [1.82, 2.24) is 0 Å². The number of anilines is 1. The Hall–Kier alpha value is -1.34. The fraction of sp³-hybridized carbons (Fsp3) is 0.529. The SMILES string of the molecule is O=C(Nc1ccc(I)cc1)C1C2CCC(C2)C1C(=O)OCC(F)(F)S(=O)(=O)O. The Kier molecular flexibility index (Phi) is 5.97. The zero-order valence-electron chi connectivity index (χ0n) is 14.5. The van der Waals surface area contributed by atoms with Crippen LogP contribution in [0.1, 0.15) is 19.3 Å². The molecule has 11 heteroatoms. The number of benzene rings is 1. The van der Waals surface area contributed by atoms with Gasteiger partial charge in [-0.25, -0.2) is 0 Å². The molecule has 2 N–H and O–H groups in total. The van der Waals surface area contributed by atoms with E-state index in [4.69, 9.17) is 4.55 Å². The fourth-order valence-electron chi connectivity index (χ4n) is 4.09. The molecular weight excluding hydrogens is 511 g/mol. The van der Waals surface area contributed by atoms with E-state index in [1.165, 1.54) is 0 Å². The number of alkyl halides is 2. The molecule has 3 rings (SSSR count). The maximum Gasteiger partial charge on any atom is 0.402 e. The maximum absolute atomic E-state index is 13.3. The molecule has 0 saturated heterocycles. The van der Waals surface area contributed by atoms with Crippen molar-refractivity contribution in [3.8, 4) is 0 Å². The lowest BCUT2D eigenvalue weighted by Gasteiger charge is -2.29. The summed E-state index contributed by atoms with van der Waals surface area (Å²) in [6.07, 6.45) is 2.03. The first-order chi connectivity index (χ1) is 13.0. The third kappa shape index (κ3) is 4.30. The smallest absolute Gasteiger partial charge is 0.402 e. The molecule has 0 radical (unpaired) electrons. The number of halogens is 3. The second-order valence-corrected chi connectivity index (χ2v) is 9.89. The third-order valence-electron chi connectivity index (χ3n) is 5.36. The number of ether oxygens (including phenoxy) is 1. The average molecular weight is 529 g/mol. The van der Waals surface area contributed by atoms with Gasteiger partial charge >= 0.3 is 21.3 Å². The van der Waals surface area contributed by atoms with Crippen molar-refractivity contribution >= 4 is 50.3 Å². The van der Waals surface area contributed by atoms with Crippen LogP contribution in [0.25, 0.3) is 0 Å². The van der Waals surface area contributed by atoms with Crippen molar-refractivity contribution in [3.05, 3.63) is 27.8 Å². The molecule has 2 aliphatic rings. The minimum Gasteiger partial charge on any atom is -0.458 e. The van der Waals surface area contributed by atoms with Gasteiger partial charge in [0.2, 0.25) is 5.91 Å². The van der Waals surface area contributed by atoms with Gasteiger partial charge in [0.05, 0.1) is 11.8 Å². The normalized spacial score (nSPS) is 26.9. The van der Waals surface area contributed by atoms with Crippen LogP contribution in [-0.4, -0.2) is 36.7 Å². The first-order valence-corrected chi connectivity index (χ1v) is 11.1. The van der Waals surface area contributed by atoms with E-state index in [-0.39, 0.29) is 11.8 Å². The summed E-state index contributed by atoms with van der Waals surface area (Å²) < 4.78 is 62.0. The van der Waals surface area contributed by atoms with E-state index in [1.54, 1.807) is 24.3 Å². The van der Waals surface area contributed by atoms with Gasteiger partial charge in [0, 0.05) is 9.26 Å². The fourth-order valence-corrected chi connectivity index (χ4v) is 4.66. The number of nitrogens with one attached hydrogen (secondary N) is 1. The lowest BCUT2D eigenvalue weighted by molar-refractivity contribution is -0.160. The average Bonchev–Trinajstić information content (AvgIpc) is 3.22. The Morgan fingerprint density at radius 3 is 2.32 bits per heavy atom. The van der Waals surface area contributed by atoms with E-state index in [0.717, 1.165) is 9.99 Å². The largest absolute Gasteiger partial charge is 0.458 e. The number of rotatable bonds is 6. The molecule has 28 heavy (non-hydrogen) atoms. The Labute approximate surface area is 174 Å². The highest BCUT2D eigenvalue weighted by atomic mass is 127. The van der Waals surface area contributed by atoms with Gasteiger partial charge in [-0.2, -0.15) is 17.2 Å². The summed E-state index contributed by atoms with van der Waals surface area (Å²) in [5, 5.41) is -1.85. The molecule has 4 atom stereocenters. The van der Waals surface area contributed by atoms with Crippen molar-refractivity contribution in [3.63, 3.8) is 0 Å². The number of esters is 1. The van der Waals surface area contributed by atoms with Crippen molar-refractivity contribution in [2.45, 2.75) is 24.5 Å². The van der Waals surface area contributed by atoms with Crippen LogP contribution in [0.5, 0.6) is 0 Å². The number of hydrogen-bond donors (Lipinski definition) is 2. The highest BCUT2D eigenvalue weighted by Crippen LogP contribution is 2.53. The summed E-state index contributed by atoms with van der Waals surface area (Å²) in [5.41, 5.74) is 0.554. The molecule has 2 saturated carbocycles. The van der Waals surface area contributed by atoms with Gasteiger partial charge in [0.1, 0.15) is 0 Å². The zero-order valence-corrected chi connectivity index (χ0v) is 17.5. The third-order valence-corrected chi connectivity index (χ3v) is 6.95. The van der Waals surface area contributed by atoms with Crippen LogP contribution in [0.3, 0.4) is 0 Å². The summed E-state index contributed by atoms with van der Waals surface area (Å²) in [7, 11) is -5.70. The Balaban J connectivity index is 1.71. The van der Waals surface area contributed by atoms with Gasteiger partial charge in [-0.3, -0.25) is 14.1 Å². The lowest BCUT2D eigenvalue weighted by atomic mass is 9.78. The Bertz CT molecular complexity index is 876. The number of carbonyl (C=O) groups is 2. The molecule has 1 aromatic rings. The molecule has 1 amide bonds. The molecule has 2 bridgehead atoms. The van der Waals surface area contributed by atoms with E-state index in [1.807, 2.05) is 0 Å². The minimum absolute atomic E-state index is 0.0616. The van der Waals surface area contributed by atoms with Crippen LogP contribution in [0, 0.1) is 27.2 Å². The van der Waals surface area contributed by atoms with E-state index in [2.05, 4.69) is 32.6 Å². The van der Waals surface area contributed by atoms with Crippen molar-refractivity contribution in [1.29, 1.82) is 0 Å². The van der Waals surface area contributed by atoms with Crippen molar-refractivity contribution in [2.24, 2.45) is 23.7 Å². The van der Waals surface area contributed by atoms with Crippen LogP contribution in [0.4, 0.5) is 14.5 Å². The molecule has 7 nitrogen and oxygen atoms in total. The maximum atomic E-state index is 13.3. The van der Waals surface area contributed by atoms with Crippen LogP contribution in [-0.2, 0) is 24.4 Å². The summed E-state index contributed by atoms with van der Waals surface area (Å²) >= 11 is 2.12.